The predicted octanol–water partition coefficient (Wildman–Crippen LogP) is 1.51. The van der Waals surface area contributed by atoms with E-state index >= 15 is 0 Å². The van der Waals surface area contributed by atoms with Gasteiger partial charge in [-0.25, -0.2) is 13.6 Å². The number of nitrogens with one attached hydrogen (secondary N) is 1. The highest BCUT2D eigenvalue weighted by atomic mass is 19.3. The molecule has 0 aromatic carbocycles. The van der Waals surface area contributed by atoms with Crippen LogP contribution in [0.25, 0.3) is 0 Å². The molecule has 3 aliphatic rings. The predicted molar refractivity (Wildman–Crippen MR) is 94.6 cm³/mol. The highest BCUT2D eigenvalue weighted by molar-refractivity contribution is 5.93. The van der Waals surface area contributed by atoms with Crippen LogP contribution in [0.1, 0.15) is 40.5 Å². The molecule has 2 N–H and O–H groups in total. The lowest BCUT2D eigenvalue weighted by Gasteiger charge is -2.40. The lowest BCUT2D eigenvalue weighted by molar-refractivity contribution is -0.160. The number of ether oxygens (including phenoxy) is 1. The van der Waals surface area contributed by atoms with Gasteiger partial charge in [0.15, 0.2) is 0 Å². The zero-order valence-electron chi connectivity index (χ0n) is 16.8. The molecule has 0 bridgehead atoms. The van der Waals surface area contributed by atoms with Crippen LogP contribution in [0.4, 0.5) is 8.78 Å². The van der Waals surface area contributed by atoms with Crippen LogP contribution in [0.2, 0.25) is 0 Å². The van der Waals surface area contributed by atoms with Gasteiger partial charge in [-0.15, -0.1) is 0 Å². The smallest absolute Gasteiger partial charge is 0.326 e. The van der Waals surface area contributed by atoms with Crippen LogP contribution < -0.4 is 5.32 Å². The van der Waals surface area contributed by atoms with Gasteiger partial charge in [-0.05, 0) is 25.2 Å². The number of carbonyl (C=O) groups excluding carboxylic acids is 2. The molecule has 0 aromatic heterocycles. The second-order valence-corrected chi connectivity index (χ2v) is 9.44. The molecule has 1 aliphatic heterocycles. The number of alkyl halides is 2. The fourth-order valence-electron chi connectivity index (χ4n) is 4.72. The maximum Gasteiger partial charge on any atom is 0.326 e. The number of rotatable bonds is 6. The lowest BCUT2D eigenvalue weighted by atomic mass is 9.80. The van der Waals surface area contributed by atoms with Crippen molar-refractivity contribution in [3.05, 3.63) is 0 Å². The Bertz CT molecular complexity index is 700. The van der Waals surface area contributed by atoms with Gasteiger partial charge in [0.05, 0.1) is 5.60 Å². The Hall–Kier alpha value is -1.77. The summed E-state index contributed by atoms with van der Waals surface area (Å²) >= 11 is 0. The first-order valence-electron chi connectivity index (χ1n) is 9.49. The van der Waals surface area contributed by atoms with Crippen LogP contribution >= 0.6 is 0 Å². The van der Waals surface area contributed by atoms with Crippen LogP contribution in [-0.4, -0.2) is 65.1 Å². The third kappa shape index (κ3) is 3.27. The fourth-order valence-corrected chi connectivity index (χ4v) is 4.72. The SMILES string of the molecule is COC(C)(C)C(NC(=O)C1CC(F)(F)C1)C(=O)N1C[C@H]2[C@@H]([C@H]1C(=O)O)C2(C)C. The molecular formula is C19H28F2N2O5. The van der Waals surface area contributed by atoms with E-state index in [1.807, 2.05) is 13.8 Å². The maximum atomic E-state index is 13.3. The number of likely N-dealkylation sites (tertiary alicyclic amines) is 1. The highest BCUT2D eigenvalue weighted by Crippen LogP contribution is 2.65. The van der Waals surface area contributed by atoms with E-state index in [4.69, 9.17) is 4.74 Å². The van der Waals surface area contributed by atoms with Crippen molar-refractivity contribution >= 4 is 17.8 Å². The lowest BCUT2D eigenvalue weighted by Crippen LogP contribution is -2.63. The Kier molecular flexibility index (Phi) is 4.76. The summed E-state index contributed by atoms with van der Waals surface area (Å²) in [5.74, 6) is -6.03. The average Bonchev–Trinajstić information content (AvgIpc) is 2.94. The molecule has 0 spiro atoms. The van der Waals surface area contributed by atoms with Crippen molar-refractivity contribution in [3.8, 4) is 0 Å². The molecule has 2 aliphatic carbocycles. The van der Waals surface area contributed by atoms with Crippen molar-refractivity contribution in [2.45, 2.75) is 64.1 Å². The summed E-state index contributed by atoms with van der Waals surface area (Å²) in [6.07, 6.45) is -1.10. The number of halogens is 2. The number of carboxylic acid groups (broad SMARTS) is 1. The second-order valence-electron chi connectivity index (χ2n) is 9.44. The van der Waals surface area contributed by atoms with E-state index in [0.29, 0.717) is 6.54 Å². The molecule has 1 saturated heterocycles. The largest absolute Gasteiger partial charge is 0.480 e. The van der Waals surface area contributed by atoms with Gasteiger partial charge in [0, 0.05) is 38.3 Å². The minimum Gasteiger partial charge on any atom is -0.480 e. The molecule has 4 atom stereocenters. The van der Waals surface area contributed by atoms with E-state index in [2.05, 4.69) is 5.32 Å². The highest BCUT2D eigenvalue weighted by Gasteiger charge is 2.70. The summed E-state index contributed by atoms with van der Waals surface area (Å²) < 4.78 is 31.6. The van der Waals surface area contributed by atoms with Gasteiger partial charge >= 0.3 is 5.97 Å². The first-order valence-corrected chi connectivity index (χ1v) is 9.49. The van der Waals surface area contributed by atoms with E-state index in [1.165, 1.54) is 12.0 Å². The number of hydrogen-bond acceptors (Lipinski definition) is 4. The molecule has 7 nitrogen and oxygen atoms in total. The summed E-state index contributed by atoms with van der Waals surface area (Å²) in [4.78, 5) is 38.8. The number of carbonyl (C=O) groups is 3. The molecule has 3 rings (SSSR count). The number of methoxy groups -OCH3 is 1. The first kappa shape index (κ1) is 21.0. The van der Waals surface area contributed by atoms with Crippen molar-refractivity contribution in [2.24, 2.45) is 23.2 Å². The van der Waals surface area contributed by atoms with Crippen molar-refractivity contribution in [1.29, 1.82) is 0 Å². The number of amides is 2. The standard InChI is InChI=1S/C19H28F2N2O5/c1-17(2)10-8-23(12(11(10)17)16(26)27)15(25)13(18(3,4)28-5)22-14(24)9-6-19(20,21)7-9/h9-13H,6-8H2,1-5H3,(H,22,24)(H,26,27)/t10-,11-,12-,13?/m0/s1. The molecule has 1 unspecified atom stereocenters. The van der Waals surface area contributed by atoms with E-state index < -0.39 is 60.2 Å². The van der Waals surface area contributed by atoms with Crippen LogP contribution in [0.15, 0.2) is 0 Å². The molecule has 9 heteroatoms. The zero-order chi connectivity index (χ0) is 21.2. The molecule has 1 heterocycles. The summed E-state index contributed by atoms with van der Waals surface area (Å²) in [7, 11) is 1.38. The molecular weight excluding hydrogens is 374 g/mol. The summed E-state index contributed by atoms with van der Waals surface area (Å²) in [5, 5.41) is 12.2. The molecule has 0 aromatic rings. The van der Waals surface area contributed by atoms with E-state index in [1.54, 1.807) is 13.8 Å². The minimum absolute atomic E-state index is 0.0879. The van der Waals surface area contributed by atoms with Gasteiger partial charge in [0.25, 0.3) is 0 Å². The van der Waals surface area contributed by atoms with Gasteiger partial charge < -0.3 is 20.1 Å². The number of hydrogen-bond donors (Lipinski definition) is 2. The van der Waals surface area contributed by atoms with Gasteiger partial charge in [-0.2, -0.15) is 0 Å². The quantitative estimate of drug-likeness (QED) is 0.702. The Morgan fingerprint density at radius 1 is 1.25 bits per heavy atom. The third-order valence-corrected chi connectivity index (χ3v) is 6.96. The number of piperidine rings is 1. The van der Waals surface area contributed by atoms with Crippen molar-refractivity contribution < 1.29 is 33.0 Å². The van der Waals surface area contributed by atoms with E-state index in [-0.39, 0.29) is 17.3 Å². The summed E-state index contributed by atoms with van der Waals surface area (Å²) in [6.45, 7) is 7.45. The van der Waals surface area contributed by atoms with Crippen molar-refractivity contribution in [2.75, 3.05) is 13.7 Å². The van der Waals surface area contributed by atoms with Gasteiger partial charge in [0.1, 0.15) is 12.1 Å². The number of nitrogens with zero attached hydrogens (tertiary/aromatic N) is 1. The second kappa shape index (κ2) is 6.37. The van der Waals surface area contributed by atoms with Crippen LogP contribution in [0.5, 0.6) is 0 Å². The molecule has 2 amide bonds. The first-order chi connectivity index (χ1) is 12.7. The average molecular weight is 402 g/mol. The van der Waals surface area contributed by atoms with Crippen LogP contribution in [0.3, 0.4) is 0 Å². The number of fused-ring (bicyclic) bond motifs is 1. The normalized spacial score (nSPS) is 31.5. The molecule has 2 saturated carbocycles. The fraction of sp³-hybridized carbons (Fsp3) is 0.842. The minimum atomic E-state index is -2.85. The van der Waals surface area contributed by atoms with E-state index in [0.717, 1.165) is 0 Å². The summed E-state index contributed by atoms with van der Waals surface area (Å²) in [6, 6.07) is -2.13. The Balaban J connectivity index is 1.78. The van der Waals surface area contributed by atoms with Gasteiger partial charge in [-0.1, -0.05) is 13.8 Å². The maximum absolute atomic E-state index is 13.3. The third-order valence-electron chi connectivity index (χ3n) is 6.96. The number of aliphatic carboxylic acids is 1. The van der Waals surface area contributed by atoms with Crippen LogP contribution in [-0.2, 0) is 19.1 Å². The molecule has 0 radical (unpaired) electrons. The van der Waals surface area contributed by atoms with Crippen molar-refractivity contribution in [3.63, 3.8) is 0 Å². The van der Waals surface area contributed by atoms with Gasteiger partial charge in [-0.3, -0.25) is 9.59 Å². The molecule has 3 fully saturated rings. The molecule has 28 heavy (non-hydrogen) atoms. The Morgan fingerprint density at radius 3 is 2.29 bits per heavy atom. The number of carboxylic acids is 1. The van der Waals surface area contributed by atoms with E-state index in [9.17, 15) is 28.3 Å². The Labute approximate surface area is 162 Å². The van der Waals surface area contributed by atoms with Crippen LogP contribution in [0, 0.1) is 23.2 Å². The van der Waals surface area contributed by atoms with Crippen molar-refractivity contribution in [1.82, 2.24) is 10.2 Å². The summed E-state index contributed by atoms with van der Waals surface area (Å²) in [5.41, 5.74) is -1.28. The Morgan fingerprint density at radius 2 is 1.82 bits per heavy atom. The zero-order valence-corrected chi connectivity index (χ0v) is 16.8. The monoisotopic (exact) mass is 402 g/mol. The van der Waals surface area contributed by atoms with Gasteiger partial charge in [0.2, 0.25) is 17.7 Å². The topological polar surface area (TPSA) is 95.9 Å². The molecule has 158 valence electrons.